The number of nitrogens with one attached hydrogen (secondary N) is 1. The van der Waals surface area contributed by atoms with Crippen molar-refractivity contribution >= 4 is 22.9 Å². The summed E-state index contributed by atoms with van der Waals surface area (Å²) in [7, 11) is 0. The van der Waals surface area contributed by atoms with E-state index in [1.54, 1.807) is 12.1 Å². The third-order valence-corrected chi connectivity index (χ3v) is 2.19. The van der Waals surface area contributed by atoms with E-state index in [2.05, 4.69) is 10.3 Å². The number of nitrogens with zero attached hydrogens (tertiary/aromatic N) is 1. The molecule has 3 N–H and O–H groups in total. The van der Waals surface area contributed by atoms with Crippen molar-refractivity contribution in [1.29, 1.82) is 0 Å². The monoisotopic (exact) mass is 263 g/mol. The van der Waals surface area contributed by atoms with Gasteiger partial charge in [0.05, 0.1) is 5.69 Å². The number of halogens is 3. The highest BCUT2D eigenvalue weighted by Gasteiger charge is 2.25. The third-order valence-electron chi connectivity index (χ3n) is 1.98. The normalized spacial score (nSPS) is 11.2. The van der Waals surface area contributed by atoms with Gasteiger partial charge in [0.25, 0.3) is 0 Å². The van der Waals surface area contributed by atoms with Crippen LogP contribution in [0.2, 0.25) is 0 Å². The Hall–Kier alpha value is -1.37. The first kappa shape index (κ1) is 13.7. The SMILES string of the molecule is NC(=S)c1cc(NCCCC(F)(F)F)ccn1. The molecule has 3 nitrogen and oxygen atoms in total. The molecule has 1 rings (SSSR count). The number of rotatable bonds is 5. The fourth-order valence-corrected chi connectivity index (χ4v) is 1.31. The number of alkyl halides is 3. The lowest BCUT2D eigenvalue weighted by atomic mass is 10.2. The first-order chi connectivity index (χ1) is 7.88. The molecule has 0 saturated heterocycles. The lowest BCUT2D eigenvalue weighted by molar-refractivity contribution is -0.134. The molecule has 0 atom stereocenters. The molecule has 0 spiro atoms. The molecule has 1 aromatic heterocycles. The predicted molar refractivity (Wildman–Crippen MR) is 63.9 cm³/mol. The number of hydrogen-bond acceptors (Lipinski definition) is 3. The Morgan fingerprint density at radius 2 is 2.18 bits per heavy atom. The van der Waals surface area contributed by atoms with Crippen LogP contribution < -0.4 is 11.1 Å². The number of thiocarbonyl (C=S) groups is 1. The number of nitrogens with two attached hydrogens (primary N) is 1. The molecular formula is C10H12F3N3S. The lowest BCUT2D eigenvalue weighted by Gasteiger charge is -2.09. The largest absolute Gasteiger partial charge is 0.389 e. The van der Waals surface area contributed by atoms with Crippen molar-refractivity contribution < 1.29 is 13.2 Å². The molecule has 1 aromatic rings. The molecule has 1 heterocycles. The van der Waals surface area contributed by atoms with Crippen LogP contribution in [0.5, 0.6) is 0 Å². The molecule has 0 aromatic carbocycles. The minimum atomic E-state index is -4.11. The average Bonchev–Trinajstić information content (AvgIpc) is 2.23. The van der Waals surface area contributed by atoms with Gasteiger partial charge in [-0.3, -0.25) is 4.98 Å². The molecule has 17 heavy (non-hydrogen) atoms. The summed E-state index contributed by atoms with van der Waals surface area (Å²) in [6.45, 7) is 0.236. The highest BCUT2D eigenvalue weighted by molar-refractivity contribution is 7.80. The van der Waals surface area contributed by atoms with Crippen molar-refractivity contribution in [3.05, 3.63) is 24.0 Å². The van der Waals surface area contributed by atoms with Gasteiger partial charge >= 0.3 is 6.18 Å². The zero-order chi connectivity index (χ0) is 12.9. The van der Waals surface area contributed by atoms with Gasteiger partial charge in [-0.25, -0.2) is 0 Å². The van der Waals surface area contributed by atoms with Gasteiger partial charge in [0.15, 0.2) is 0 Å². The number of anilines is 1. The molecule has 0 unspecified atom stereocenters. The van der Waals surface area contributed by atoms with Crippen LogP contribution in [-0.2, 0) is 0 Å². The van der Waals surface area contributed by atoms with Crippen molar-refractivity contribution in [2.24, 2.45) is 5.73 Å². The van der Waals surface area contributed by atoms with Crippen molar-refractivity contribution in [3.63, 3.8) is 0 Å². The second kappa shape index (κ2) is 5.81. The van der Waals surface area contributed by atoms with Gasteiger partial charge in [-0.1, -0.05) is 12.2 Å². The van der Waals surface area contributed by atoms with Gasteiger partial charge < -0.3 is 11.1 Å². The van der Waals surface area contributed by atoms with E-state index < -0.39 is 12.6 Å². The summed E-state index contributed by atoms with van der Waals surface area (Å²) < 4.78 is 35.6. The second-order valence-corrected chi connectivity index (χ2v) is 3.88. The van der Waals surface area contributed by atoms with E-state index in [9.17, 15) is 13.2 Å². The van der Waals surface area contributed by atoms with E-state index in [-0.39, 0.29) is 18.0 Å². The Balaban J connectivity index is 2.42. The summed E-state index contributed by atoms with van der Waals surface area (Å²) in [6, 6.07) is 3.26. The van der Waals surface area contributed by atoms with Crippen LogP contribution in [0.4, 0.5) is 18.9 Å². The standard InChI is InChI=1S/C10H12F3N3S/c11-10(12,13)3-1-4-15-7-2-5-16-8(6-7)9(14)17/h2,5-6H,1,3-4H2,(H2,14,17)(H,15,16). The van der Waals surface area contributed by atoms with Crippen LogP contribution >= 0.6 is 12.2 Å². The van der Waals surface area contributed by atoms with E-state index in [0.29, 0.717) is 11.4 Å². The smallest absolute Gasteiger partial charge is 0.388 e. The zero-order valence-corrected chi connectivity index (χ0v) is 9.74. The predicted octanol–water partition coefficient (Wildman–Crippen LogP) is 2.47. The maximum absolute atomic E-state index is 11.9. The maximum atomic E-state index is 11.9. The molecule has 0 amide bonds. The molecule has 0 aliphatic heterocycles. The average molecular weight is 263 g/mol. The summed E-state index contributed by atoms with van der Waals surface area (Å²) in [5.74, 6) is 0. The topological polar surface area (TPSA) is 50.9 Å². The minimum absolute atomic E-state index is 0.0221. The Morgan fingerprint density at radius 3 is 2.76 bits per heavy atom. The quantitative estimate of drug-likeness (QED) is 0.633. The van der Waals surface area contributed by atoms with Crippen LogP contribution in [-0.4, -0.2) is 22.7 Å². The highest BCUT2D eigenvalue weighted by atomic mass is 32.1. The van der Waals surface area contributed by atoms with Crippen LogP contribution in [0.25, 0.3) is 0 Å². The van der Waals surface area contributed by atoms with Crippen LogP contribution in [0.3, 0.4) is 0 Å². The summed E-state index contributed by atoms with van der Waals surface area (Å²) in [5.41, 5.74) is 6.49. The first-order valence-electron chi connectivity index (χ1n) is 4.95. The summed E-state index contributed by atoms with van der Waals surface area (Å²) in [5, 5.41) is 2.86. The van der Waals surface area contributed by atoms with E-state index >= 15 is 0 Å². The van der Waals surface area contributed by atoms with Crippen molar-refractivity contribution in [2.75, 3.05) is 11.9 Å². The molecular weight excluding hydrogens is 251 g/mol. The van der Waals surface area contributed by atoms with Gasteiger partial charge in [-0.2, -0.15) is 13.2 Å². The number of pyridine rings is 1. The van der Waals surface area contributed by atoms with Crippen molar-refractivity contribution in [2.45, 2.75) is 19.0 Å². The third kappa shape index (κ3) is 5.48. The van der Waals surface area contributed by atoms with Gasteiger partial charge in [-0.15, -0.1) is 0 Å². The van der Waals surface area contributed by atoms with Crippen LogP contribution in [0.15, 0.2) is 18.3 Å². The Morgan fingerprint density at radius 1 is 1.47 bits per heavy atom. The van der Waals surface area contributed by atoms with Crippen molar-refractivity contribution in [1.82, 2.24) is 4.98 Å². The fraction of sp³-hybridized carbons (Fsp3) is 0.400. The molecule has 0 aliphatic rings. The number of hydrogen-bond donors (Lipinski definition) is 2. The van der Waals surface area contributed by atoms with E-state index in [1.807, 2.05) is 0 Å². The second-order valence-electron chi connectivity index (χ2n) is 3.44. The van der Waals surface area contributed by atoms with E-state index in [4.69, 9.17) is 18.0 Å². The Labute approximate surface area is 102 Å². The molecule has 0 bridgehead atoms. The molecule has 0 aliphatic carbocycles. The number of aromatic nitrogens is 1. The van der Waals surface area contributed by atoms with Gasteiger partial charge in [0.2, 0.25) is 0 Å². The lowest BCUT2D eigenvalue weighted by Crippen LogP contribution is -2.13. The summed E-state index contributed by atoms with van der Waals surface area (Å²) in [6.07, 6.45) is -3.38. The van der Waals surface area contributed by atoms with Crippen LogP contribution in [0, 0.1) is 0 Å². The van der Waals surface area contributed by atoms with E-state index in [0.717, 1.165) is 0 Å². The maximum Gasteiger partial charge on any atom is 0.389 e. The molecule has 0 saturated carbocycles. The summed E-state index contributed by atoms with van der Waals surface area (Å²) in [4.78, 5) is 4.08. The molecule has 0 fully saturated rings. The summed E-state index contributed by atoms with van der Waals surface area (Å²) >= 11 is 4.74. The van der Waals surface area contributed by atoms with Gasteiger partial charge in [0.1, 0.15) is 4.99 Å². The Kier molecular flexibility index (Phi) is 4.68. The van der Waals surface area contributed by atoms with Gasteiger partial charge in [0, 0.05) is 24.8 Å². The van der Waals surface area contributed by atoms with Crippen LogP contribution in [0.1, 0.15) is 18.5 Å². The highest BCUT2D eigenvalue weighted by Crippen LogP contribution is 2.21. The first-order valence-corrected chi connectivity index (χ1v) is 5.36. The van der Waals surface area contributed by atoms with Gasteiger partial charge in [-0.05, 0) is 18.6 Å². The molecule has 7 heteroatoms. The Bertz CT molecular complexity index is 393. The van der Waals surface area contributed by atoms with E-state index in [1.165, 1.54) is 6.20 Å². The zero-order valence-electron chi connectivity index (χ0n) is 8.92. The minimum Gasteiger partial charge on any atom is -0.388 e. The molecule has 94 valence electrons. The molecule has 0 radical (unpaired) electrons. The fourth-order valence-electron chi connectivity index (χ4n) is 1.20. The van der Waals surface area contributed by atoms with Crippen molar-refractivity contribution in [3.8, 4) is 0 Å².